The molecule has 114 valence electrons. The molecule has 0 aliphatic carbocycles. The molecule has 0 saturated carbocycles. The zero-order valence-electron chi connectivity index (χ0n) is 12.4. The van der Waals surface area contributed by atoms with E-state index in [1.165, 1.54) is 0 Å². The summed E-state index contributed by atoms with van der Waals surface area (Å²) in [4.78, 5) is 24.2. The highest BCUT2D eigenvalue weighted by Gasteiger charge is 2.17. The molecular formula is C17H17BrN2O2. The van der Waals surface area contributed by atoms with E-state index in [0.29, 0.717) is 5.56 Å². The first-order valence-electron chi connectivity index (χ1n) is 6.90. The van der Waals surface area contributed by atoms with Crippen LogP contribution in [0.25, 0.3) is 0 Å². The number of carbonyl (C=O) groups excluding carboxylic acids is 2. The van der Waals surface area contributed by atoms with Crippen molar-refractivity contribution in [2.75, 3.05) is 5.32 Å². The fraction of sp³-hybridized carbons (Fsp3) is 0.176. The van der Waals surface area contributed by atoms with Crippen LogP contribution >= 0.6 is 15.9 Å². The molecule has 1 atom stereocenters. The van der Waals surface area contributed by atoms with Gasteiger partial charge in [0, 0.05) is 15.7 Å². The van der Waals surface area contributed by atoms with Crippen LogP contribution in [0.5, 0.6) is 0 Å². The van der Waals surface area contributed by atoms with Crippen molar-refractivity contribution in [1.82, 2.24) is 5.32 Å². The number of carbonyl (C=O) groups is 2. The van der Waals surface area contributed by atoms with Gasteiger partial charge in [-0.25, -0.2) is 0 Å². The Morgan fingerprint density at radius 1 is 1.09 bits per heavy atom. The van der Waals surface area contributed by atoms with E-state index >= 15 is 0 Å². The van der Waals surface area contributed by atoms with Crippen molar-refractivity contribution in [3.63, 3.8) is 0 Å². The lowest BCUT2D eigenvalue weighted by Gasteiger charge is -2.15. The predicted molar refractivity (Wildman–Crippen MR) is 90.9 cm³/mol. The molecule has 2 N–H and O–H groups in total. The Kier molecular flexibility index (Phi) is 5.33. The first kappa shape index (κ1) is 16.2. The molecule has 22 heavy (non-hydrogen) atoms. The second kappa shape index (κ2) is 7.22. The van der Waals surface area contributed by atoms with E-state index in [1.54, 1.807) is 31.2 Å². The zero-order valence-corrected chi connectivity index (χ0v) is 14.0. The van der Waals surface area contributed by atoms with Gasteiger partial charge in [0.1, 0.15) is 6.04 Å². The molecule has 0 bridgehead atoms. The van der Waals surface area contributed by atoms with Crippen LogP contribution in [0.1, 0.15) is 22.8 Å². The lowest BCUT2D eigenvalue weighted by Crippen LogP contribution is -2.41. The summed E-state index contributed by atoms with van der Waals surface area (Å²) in [5, 5.41) is 5.51. The topological polar surface area (TPSA) is 58.2 Å². The molecule has 2 rings (SSSR count). The van der Waals surface area contributed by atoms with E-state index in [-0.39, 0.29) is 11.8 Å². The van der Waals surface area contributed by atoms with Crippen molar-refractivity contribution in [2.24, 2.45) is 0 Å². The third-order valence-electron chi connectivity index (χ3n) is 3.23. The van der Waals surface area contributed by atoms with Gasteiger partial charge in [-0.2, -0.15) is 0 Å². The molecule has 2 amide bonds. The van der Waals surface area contributed by atoms with Crippen molar-refractivity contribution in [3.05, 3.63) is 64.1 Å². The normalized spacial score (nSPS) is 11.6. The van der Waals surface area contributed by atoms with Gasteiger partial charge >= 0.3 is 0 Å². The number of rotatable bonds is 4. The highest BCUT2D eigenvalue weighted by molar-refractivity contribution is 9.10. The van der Waals surface area contributed by atoms with Crippen LogP contribution in [0.3, 0.4) is 0 Å². The maximum absolute atomic E-state index is 12.2. The maximum atomic E-state index is 12.2. The Balaban J connectivity index is 2.00. The lowest BCUT2D eigenvalue weighted by atomic mass is 10.1. The van der Waals surface area contributed by atoms with Gasteiger partial charge in [-0.3, -0.25) is 9.59 Å². The molecule has 0 spiro atoms. The third kappa shape index (κ3) is 4.18. The van der Waals surface area contributed by atoms with Crippen LogP contribution in [0, 0.1) is 6.92 Å². The van der Waals surface area contributed by atoms with Crippen LogP contribution in [0.4, 0.5) is 5.69 Å². The van der Waals surface area contributed by atoms with Gasteiger partial charge in [-0.1, -0.05) is 40.2 Å². The Labute approximate surface area is 138 Å². The van der Waals surface area contributed by atoms with Crippen LogP contribution < -0.4 is 10.6 Å². The minimum Gasteiger partial charge on any atom is -0.341 e. The van der Waals surface area contributed by atoms with Gasteiger partial charge in [0.15, 0.2) is 0 Å². The summed E-state index contributed by atoms with van der Waals surface area (Å²) >= 11 is 3.37. The minimum absolute atomic E-state index is 0.259. The summed E-state index contributed by atoms with van der Waals surface area (Å²) in [6.07, 6.45) is 0. The van der Waals surface area contributed by atoms with Crippen LogP contribution in [-0.2, 0) is 4.79 Å². The van der Waals surface area contributed by atoms with Crippen LogP contribution in [0.15, 0.2) is 53.0 Å². The van der Waals surface area contributed by atoms with Gasteiger partial charge in [-0.15, -0.1) is 0 Å². The molecule has 4 nitrogen and oxygen atoms in total. The number of aryl methyl sites for hydroxylation is 1. The van der Waals surface area contributed by atoms with Crippen molar-refractivity contribution in [1.29, 1.82) is 0 Å². The van der Waals surface area contributed by atoms with E-state index in [0.717, 1.165) is 15.7 Å². The monoisotopic (exact) mass is 360 g/mol. The van der Waals surface area contributed by atoms with Gasteiger partial charge in [-0.05, 0) is 43.7 Å². The average Bonchev–Trinajstić information content (AvgIpc) is 2.51. The fourth-order valence-electron chi connectivity index (χ4n) is 1.90. The zero-order chi connectivity index (χ0) is 16.1. The van der Waals surface area contributed by atoms with E-state index in [9.17, 15) is 9.59 Å². The highest BCUT2D eigenvalue weighted by Crippen LogP contribution is 2.20. The molecule has 0 saturated heterocycles. The molecule has 0 heterocycles. The summed E-state index contributed by atoms with van der Waals surface area (Å²) in [6, 6.07) is 13.8. The average molecular weight is 361 g/mol. The number of benzene rings is 2. The van der Waals surface area contributed by atoms with Gasteiger partial charge in [0.25, 0.3) is 5.91 Å². The molecule has 5 heteroatoms. The van der Waals surface area contributed by atoms with E-state index in [2.05, 4.69) is 26.6 Å². The minimum atomic E-state index is -0.633. The van der Waals surface area contributed by atoms with Crippen LogP contribution in [0.2, 0.25) is 0 Å². The quantitative estimate of drug-likeness (QED) is 0.876. The lowest BCUT2D eigenvalue weighted by molar-refractivity contribution is -0.117. The molecule has 0 aliphatic heterocycles. The van der Waals surface area contributed by atoms with Crippen molar-refractivity contribution in [2.45, 2.75) is 19.9 Å². The van der Waals surface area contributed by atoms with Gasteiger partial charge in [0.2, 0.25) is 5.91 Å². The summed E-state index contributed by atoms with van der Waals surface area (Å²) in [7, 11) is 0. The number of anilines is 1. The molecule has 2 aromatic carbocycles. The summed E-state index contributed by atoms with van der Waals surface area (Å²) < 4.78 is 0.884. The molecular weight excluding hydrogens is 344 g/mol. The largest absolute Gasteiger partial charge is 0.341 e. The summed E-state index contributed by atoms with van der Waals surface area (Å²) in [5.74, 6) is -0.528. The third-order valence-corrected chi connectivity index (χ3v) is 3.73. The number of hydrogen-bond acceptors (Lipinski definition) is 2. The van der Waals surface area contributed by atoms with Gasteiger partial charge in [0.05, 0.1) is 0 Å². The van der Waals surface area contributed by atoms with Crippen molar-refractivity contribution >= 4 is 33.4 Å². The highest BCUT2D eigenvalue weighted by atomic mass is 79.9. The molecule has 0 fully saturated rings. The van der Waals surface area contributed by atoms with Crippen molar-refractivity contribution in [3.8, 4) is 0 Å². The Morgan fingerprint density at radius 2 is 1.77 bits per heavy atom. The van der Waals surface area contributed by atoms with E-state index < -0.39 is 6.04 Å². The number of nitrogens with one attached hydrogen (secondary N) is 2. The Bertz CT molecular complexity index is 686. The molecule has 0 aromatic heterocycles. The van der Waals surface area contributed by atoms with E-state index in [1.807, 2.05) is 31.2 Å². The second-order valence-corrected chi connectivity index (χ2v) is 5.93. The molecule has 0 aliphatic rings. The smallest absolute Gasteiger partial charge is 0.251 e. The second-order valence-electron chi connectivity index (χ2n) is 5.01. The maximum Gasteiger partial charge on any atom is 0.251 e. The standard InChI is InChI=1S/C17H17BrN2O2/c1-11-8-9-14(18)10-15(11)20-16(21)12(2)19-17(22)13-6-4-3-5-7-13/h3-10,12H,1-2H3,(H,19,22)(H,20,21). The van der Waals surface area contributed by atoms with Crippen molar-refractivity contribution < 1.29 is 9.59 Å². The number of amides is 2. The van der Waals surface area contributed by atoms with Gasteiger partial charge < -0.3 is 10.6 Å². The number of halogens is 1. The summed E-state index contributed by atoms with van der Waals surface area (Å²) in [5.41, 5.74) is 2.21. The SMILES string of the molecule is Cc1ccc(Br)cc1NC(=O)C(C)NC(=O)c1ccccc1. The Hall–Kier alpha value is -2.14. The molecule has 0 radical (unpaired) electrons. The summed E-state index contributed by atoms with van der Waals surface area (Å²) in [6.45, 7) is 3.57. The predicted octanol–water partition coefficient (Wildman–Crippen LogP) is 3.51. The molecule has 1 unspecified atom stereocenters. The Morgan fingerprint density at radius 3 is 2.45 bits per heavy atom. The van der Waals surface area contributed by atoms with E-state index in [4.69, 9.17) is 0 Å². The van der Waals surface area contributed by atoms with Crippen LogP contribution in [-0.4, -0.2) is 17.9 Å². The first-order valence-corrected chi connectivity index (χ1v) is 7.69. The number of hydrogen-bond donors (Lipinski definition) is 2. The fourth-order valence-corrected chi connectivity index (χ4v) is 2.27. The first-order chi connectivity index (χ1) is 10.5. The molecule has 2 aromatic rings.